The fourth-order valence-electron chi connectivity index (χ4n) is 1.85. The first kappa shape index (κ1) is 15.9. The molecular formula is C11H20N4O5. The fraction of sp³-hybridized carbons (Fsp3) is 0.727. The number of rotatable bonds is 4. The molecule has 0 aromatic carbocycles. The van der Waals surface area contributed by atoms with Crippen molar-refractivity contribution in [3.8, 4) is 0 Å². The van der Waals surface area contributed by atoms with Crippen LogP contribution in [0.3, 0.4) is 0 Å². The van der Waals surface area contributed by atoms with Gasteiger partial charge in [0.05, 0.1) is 13.2 Å². The molecule has 1 fully saturated rings. The number of urea groups is 1. The first-order valence-corrected chi connectivity index (χ1v) is 6.28. The molecule has 2 N–H and O–H groups in total. The molecule has 1 aliphatic heterocycles. The molecule has 2 atom stereocenters. The summed E-state index contributed by atoms with van der Waals surface area (Å²) in [6, 6.07) is -0.339. The molecule has 0 bridgehead atoms. The van der Waals surface area contributed by atoms with E-state index < -0.39 is 24.5 Å². The molecule has 0 radical (unpaired) electrons. The molecule has 9 nitrogen and oxygen atoms in total. The highest BCUT2D eigenvalue weighted by atomic mass is 16.6. The van der Waals surface area contributed by atoms with Crippen molar-refractivity contribution in [2.45, 2.75) is 26.2 Å². The summed E-state index contributed by atoms with van der Waals surface area (Å²) in [4.78, 5) is 37.4. The third-order valence-corrected chi connectivity index (χ3v) is 2.82. The Labute approximate surface area is 117 Å². The normalized spacial score (nSPS) is 21.7. The van der Waals surface area contributed by atoms with Crippen LogP contribution in [-0.2, 0) is 9.47 Å². The van der Waals surface area contributed by atoms with Gasteiger partial charge >= 0.3 is 18.2 Å². The zero-order valence-electron chi connectivity index (χ0n) is 12.0. The molecule has 1 saturated heterocycles. The summed E-state index contributed by atoms with van der Waals surface area (Å²) in [6.45, 7) is 3.76. The van der Waals surface area contributed by atoms with Gasteiger partial charge in [-0.05, 0) is 13.8 Å². The molecule has 4 amide bonds. The quantitative estimate of drug-likeness (QED) is 0.765. The molecule has 20 heavy (non-hydrogen) atoms. The van der Waals surface area contributed by atoms with Crippen molar-refractivity contribution in [2.75, 3.05) is 27.3 Å². The Bertz CT molecular complexity index is 355. The molecule has 0 saturated carbocycles. The lowest BCUT2D eigenvalue weighted by atomic mass is 10.3. The molecule has 0 aliphatic carbocycles. The third kappa shape index (κ3) is 3.43. The van der Waals surface area contributed by atoms with Gasteiger partial charge in [0, 0.05) is 14.1 Å². The minimum atomic E-state index is -0.740. The predicted octanol–water partition coefficient (Wildman–Crippen LogP) is 0.128. The highest BCUT2D eigenvalue weighted by Gasteiger charge is 2.44. The van der Waals surface area contributed by atoms with Crippen LogP contribution in [0.25, 0.3) is 0 Å². The van der Waals surface area contributed by atoms with Crippen molar-refractivity contribution in [1.29, 1.82) is 0 Å². The van der Waals surface area contributed by atoms with E-state index in [0.29, 0.717) is 0 Å². The molecule has 1 heterocycles. The van der Waals surface area contributed by atoms with Gasteiger partial charge in [0.15, 0.2) is 0 Å². The molecule has 0 aromatic heterocycles. The van der Waals surface area contributed by atoms with Crippen molar-refractivity contribution >= 4 is 18.2 Å². The van der Waals surface area contributed by atoms with E-state index in [1.54, 1.807) is 13.8 Å². The molecule has 114 valence electrons. The lowest BCUT2D eigenvalue weighted by Crippen LogP contribution is -2.56. The van der Waals surface area contributed by atoms with Crippen LogP contribution in [0.1, 0.15) is 13.8 Å². The molecule has 1 aliphatic rings. The van der Waals surface area contributed by atoms with Gasteiger partial charge in [-0.1, -0.05) is 0 Å². The van der Waals surface area contributed by atoms with Gasteiger partial charge in [0.1, 0.15) is 12.3 Å². The van der Waals surface area contributed by atoms with Crippen LogP contribution in [0.2, 0.25) is 0 Å². The maximum absolute atomic E-state index is 11.9. The van der Waals surface area contributed by atoms with E-state index in [2.05, 4.69) is 10.6 Å². The summed E-state index contributed by atoms with van der Waals surface area (Å²) in [7, 11) is 3.03. The van der Waals surface area contributed by atoms with E-state index in [1.165, 1.54) is 23.9 Å². The molecule has 0 unspecified atom stereocenters. The molecule has 0 aromatic rings. The maximum Gasteiger partial charge on any atom is 0.408 e. The van der Waals surface area contributed by atoms with Gasteiger partial charge in [-0.15, -0.1) is 0 Å². The number of amides is 4. The number of alkyl carbamates (subject to hydrolysis) is 2. The average molecular weight is 288 g/mol. The minimum Gasteiger partial charge on any atom is -0.450 e. The van der Waals surface area contributed by atoms with Crippen LogP contribution in [0.4, 0.5) is 14.4 Å². The van der Waals surface area contributed by atoms with E-state index in [1.807, 2.05) is 0 Å². The fourth-order valence-corrected chi connectivity index (χ4v) is 1.85. The van der Waals surface area contributed by atoms with Gasteiger partial charge in [-0.25, -0.2) is 14.4 Å². The van der Waals surface area contributed by atoms with Crippen LogP contribution in [-0.4, -0.2) is 67.7 Å². The van der Waals surface area contributed by atoms with E-state index in [9.17, 15) is 14.4 Å². The summed E-state index contributed by atoms with van der Waals surface area (Å²) >= 11 is 0. The van der Waals surface area contributed by atoms with Crippen LogP contribution in [0.15, 0.2) is 0 Å². The molecule has 9 heteroatoms. The van der Waals surface area contributed by atoms with E-state index in [4.69, 9.17) is 9.47 Å². The monoisotopic (exact) mass is 288 g/mol. The Kier molecular flexibility index (Phi) is 5.42. The number of hydrogen-bond acceptors (Lipinski definition) is 5. The Morgan fingerprint density at radius 1 is 1.00 bits per heavy atom. The van der Waals surface area contributed by atoms with Gasteiger partial charge in [-0.3, -0.25) is 10.6 Å². The van der Waals surface area contributed by atoms with Crippen molar-refractivity contribution in [3.63, 3.8) is 0 Å². The summed E-state index contributed by atoms with van der Waals surface area (Å²) in [5, 5.41) is 5.04. The predicted molar refractivity (Wildman–Crippen MR) is 68.8 cm³/mol. The van der Waals surface area contributed by atoms with E-state index in [-0.39, 0.29) is 19.2 Å². The topological polar surface area (TPSA) is 100 Å². The number of carbonyl (C=O) groups is 3. The zero-order valence-corrected chi connectivity index (χ0v) is 12.0. The second-order valence-corrected chi connectivity index (χ2v) is 4.12. The summed E-state index contributed by atoms with van der Waals surface area (Å²) in [6.07, 6.45) is -2.81. The van der Waals surface area contributed by atoms with Crippen LogP contribution < -0.4 is 10.6 Å². The number of nitrogens with one attached hydrogen (secondary N) is 2. The lowest BCUT2D eigenvalue weighted by molar-refractivity contribution is 0.118. The van der Waals surface area contributed by atoms with Gasteiger partial charge in [0.25, 0.3) is 0 Å². The largest absolute Gasteiger partial charge is 0.450 e. The van der Waals surface area contributed by atoms with Gasteiger partial charge < -0.3 is 19.3 Å². The van der Waals surface area contributed by atoms with Crippen molar-refractivity contribution in [1.82, 2.24) is 20.4 Å². The first-order valence-electron chi connectivity index (χ1n) is 6.28. The Morgan fingerprint density at radius 3 is 1.65 bits per heavy atom. The smallest absolute Gasteiger partial charge is 0.408 e. The first-order chi connectivity index (χ1) is 9.42. The highest BCUT2D eigenvalue weighted by Crippen LogP contribution is 2.16. The van der Waals surface area contributed by atoms with Gasteiger partial charge in [0.2, 0.25) is 0 Å². The Balaban J connectivity index is 2.77. The third-order valence-electron chi connectivity index (χ3n) is 2.82. The van der Waals surface area contributed by atoms with Crippen LogP contribution in [0, 0.1) is 0 Å². The summed E-state index contributed by atoms with van der Waals surface area (Å²) in [5.41, 5.74) is 0. The second-order valence-electron chi connectivity index (χ2n) is 4.12. The average Bonchev–Trinajstić information content (AvgIpc) is 2.57. The maximum atomic E-state index is 11.9. The second kappa shape index (κ2) is 6.83. The van der Waals surface area contributed by atoms with E-state index in [0.717, 1.165) is 0 Å². The lowest BCUT2D eigenvalue weighted by Gasteiger charge is -2.25. The summed E-state index contributed by atoms with van der Waals surface area (Å²) < 4.78 is 9.55. The number of likely N-dealkylation sites (N-methyl/N-ethyl adjacent to an activating group) is 2. The van der Waals surface area contributed by atoms with Gasteiger partial charge in [-0.2, -0.15) is 0 Å². The number of ether oxygens (including phenoxy) is 2. The number of carbonyl (C=O) groups excluding carboxylic acids is 3. The summed E-state index contributed by atoms with van der Waals surface area (Å²) in [5.74, 6) is 0. The van der Waals surface area contributed by atoms with Crippen molar-refractivity contribution in [3.05, 3.63) is 0 Å². The van der Waals surface area contributed by atoms with Crippen molar-refractivity contribution < 1.29 is 23.9 Å². The molecular weight excluding hydrogens is 268 g/mol. The van der Waals surface area contributed by atoms with E-state index >= 15 is 0 Å². The molecule has 0 spiro atoms. The standard InChI is InChI=1S/C11H20N4O5/c1-5-19-9(16)12-7-8(13-10(17)20-6-2)15(4)11(18)14(7)3/h7-8H,5-6H2,1-4H3,(H,12,16)(H,13,17)/t7-,8-/m0/s1. The van der Waals surface area contributed by atoms with Crippen LogP contribution >= 0.6 is 0 Å². The highest BCUT2D eigenvalue weighted by molar-refractivity contribution is 5.80. The number of hydrogen-bond donors (Lipinski definition) is 2. The molecule has 1 rings (SSSR count). The SMILES string of the molecule is CCOC(=O)N[C@@H]1[C@@H](NC(=O)OCC)N(C)C(=O)N1C. The minimum absolute atomic E-state index is 0.210. The van der Waals surface area contributed by atoms with Crippen LogP contribution in [0.5, 0.6) is 0 Å². The zero-order chi connectivity index (χ0) is 15.3. The van der Waals surface area contributed by atoms with Crippen molar-refractivity contribution in [2.24, 2.45) is 0 Å². The number of nitrogens with zero attached hydrogens (tertiary/aromatic N) is 2. The Hall–Kier alpha value is -2.19. The Morgan fingerprint density at radius 2 is 1.35 bits per heavy atom.